The maximum Gasteiger partial charge on any atom is 0.246 e. The van der Waals surface area contributed by atoms with Crippen LogP contribution in [0.4, 0.5) is 0 Å². The van der Waals surface area contributed by atoms with Gasteiger partial charge in [0.05, 0.1) is 0 Å². The molecule has 17 heavy (non-hydrogen) atoms. The van der Waals surface area contributed by atoms with E-state index in [2.05, 4.69) is 38.8 Å². The molecule has 3 heteroatoms. The summed E-state index contributed by atoms with van der Waals surface area (Å²) in [6.07, 6.45) is 4.88. The van der Waals surface area contributed by atoms with Crippen LogP contribution in [0.3, 0.4) is 0 Å². The van der Waals surface area contributed by atoms with Gasteiger partial charge in [0.25, 0.3) is 0 Å². The van der Waals surface area contributed by atoms with Gasteiger partial charge in [-0.3, -0.25) is 4.79 Å². The zero-order chi connectivity index (χ0) is 13.5. The summed E-state index contributed by atoms with van der Waals surface area (Å²) in [7, 11) is -0.589. The van der Waals surface area contributed by atoms with Gasteiger partial charge in [-0.05, 0) is 18.4 Å². The smallest absolute Gasteiger partial charge is 0.246 e. The van der Waals surface area contributed by atoms with Crippen molar-refractivity contribution in [3.8, 4) is 0 Å². The summed E-state index contributed by atoms with van der Waals surface area (Å²) in [6, 6.07) is 0. The van der Waals surface area contributed by atoms with Gasteiger partial charge in [0.15, 0.2) is 0 Å². The van der Waals surface area contributed by atoms with Crippen LogP contribution < -0.4 is 5.32 Å². The Hall–Kier alpha value is -0.573. The monoisotopic (exact) mass is 255 g/mol. The first-order chi connectivity index (χ1) is 7.83. The first-order valence-electron chi connectivity index (χ1n) is 6.77. The highest BCUT2D eigenvalue weighted by atomic mass is 28.3. The van der Waals surface area contributed by atoms with Crippen molar-refractivity contribution >= 4 is 14.7 Å². The summed E-state index contributed by atoms with van der Waals surface area (Å²) in [5.74, 6) is -0.0125. The second-order valence-electron chi connectivity index (χ2n) is 5.66. The Morgan fingerprint density at radius 2 is 1.94 bits per heavy atom. The molecule has 1 unspecified atom stereocenters. The molecule has 0 saturated carbocycles. The Labute approximate surface area is 108 Å². The molecule has 0 radical (unpaired) electrons. The third-order valence-corrected chi connectivity index (χ3v) is 7.53. The molecule has 0 aliphatic heterocycles. The van der Waals surface area contributed by atoms with E-state index >= 15 is 0 Å². The molecular formula is C14H29NOSi. The van der Waals surface area contributed by atoms with Gasteiger partial charge in [-0.15, -0.1) is 0 Å². The van der Waals surface area contributed by atoms with Crippen molar-refractivity contribution in [2.45, 2.75) is 64.6 Å². The summed E-state index contributed by atoms with van der Waals surface area (Å²) in [5.41, 5.74) is 0.595. The van der Waals surface area contributed by atoms with Crippen LogP contribution in [0.5, 0.6) is 0 Å². The molecule has 0 aromatic rings. The molecular weight excluding hydrogens is 226 g/mol. The highest BCUT2D eigenvalue weighted by molar-refractivity contribution is 6.59. The molecule has 2 nitrogen and oxygen atoms in total. The minimum absolute atomic E-state index is 0.0125. The van der Waals surface area contributed by atoms with E-state index in [0.29, 0.717) is 10.6 Å². The predicted octanol–water partition coefficient (Wildman–Crippen LogP) is 3.51. The van der Waals surface area contributed by atoms with Crippen molar-refractivity contribution in [1.29, 1.82) is 0 Å². The Bertz CT molecular complexity index is 263. The van der Waals surface area contributed by atoms with Gasteiger partial charge in [0, 0.05) is 20.9 Å². The second kappa shape index (κ2) is 7.70. The Balaban J connectivity index is 3.77. The van der Waals surface area contributed by atoms with Gasteiger partial charge in [0.1, 0.15) is 0 Å². The molecule has 1 N–H and O–H groups in total. The number of carbonyl (C=O) groups excluding carboxylic acids is 1. The van der Waals surface area contributed by atoms with Crippen LogP contribution in [0.15, 0.2) is 12.2 Å². The molecule has 0 aliphatic carbocycles. The summed E-state index contributed by atoms with van der Waals surface area (Å²) in [5, 5.41) is 3.47. The van der Waals surface area contributed by atoms with Gasteiger partial charge in [-0.25, -0.2) is 0 Å². The maximum atomic E-state index is 11.3. The van der Waals surface area contributed by atoms with Crippen molar-refractivity contribution < 1.29 is 4.79 Å². The lowest BCUT2D eigenvalue weighted by molar-refractivity contribution is -0.117. The molecule has 0 bridgehead atoms. The third kappa shape index (κ3) is 6.06. The van der Waals surface area contributed by atoms with Crippen molar-refractivity contribution in [1.82, 2.24) is 5.32 Å². The van der Waals surface area contributed by atoms with Gasteiger partial charge in [-0.2, -0.15) is 0 Å². The summed E-state index contributed by atoms with van der Waals surface area (Å²) in [6.45, 7) is 15.8. The number of hydrogen-bond acceptors (Lipinski definition) is 1. The molecule has 0 aromatic carbocycles. The minimum atomic E-state index is -0.589. The fourth-order valence-electron chi connectivity index (χ4n) is 1.88. The van der Waals surface area contributed by atoms with Crippen LogP contribution in [0.25, 0.3) is 0 Å². The normalized spacial score (nSPS) is 14.5. The first kappa shape index (κ1) is 16.4. The molecule has 0 spiro atoms. The largest absolute Gasteiger partial charge is 0.352 e. The van der Waals surface area contributed by atoms with Crippen molar-refractivity contribution in [2.24, 2.45) is 0 Å². The Kier molecular flexibility index (Phi) is 7.44. The average Bonchev–Trinajstić information content (AvgIpc) is 2.27. The van der Waals surface area contributed by atoms with Gasteiger partial charge in [-0.1, -0.05) is 52.8 Å². The van der Waals surface area contributed by atoms with Crippen LogP contribution in [-0.4, -0.2) is 21.2 Å². The number of hydrogen-bond donors (Lipinski definition) is 1. The average molecular weight is 255 g/mol. The lowest BCUT2D eigenvalue weighted by Gasteiger charge is -2.32. The highest BCUT2D eigenvalue weighted by Gasteiger charge is 2.26. The van der Waals surface area contributed by atoms with Crippen molar-refractivity contribution in [2.75, 3.05) is 6.54 Å². The Morgan fingerprint density at radius 3 is 2.35 bits per heavy atom. The quantitative estimate of drug-likeness (QED) is 0.401. The van der Waals surface area contributed by atoms with E-state index in [0.717, 1.165) is 13.0 Å². The van der Waals surface area contributed by atoms with E-state index in [1.807, 2.05) is 0 Å². The molecule has 0 saturated heterocycles. The maximum absolute atomic E-state index is 11.3. The van der Waals surface area contributed by atoms with E-state index in [1.165, 1.54) is 19.3 Å². The zero-order valence-corrected chi connectivity index (χ0v) is 13.4. The fourth-order valence-corrected chi connectivity index (χ4v) is 3.48. The number of nitrogens with one attached hydrogen (secondary N) is 1. The van der Waals surface area contributed by atoms with Crippen LogP contribution in [0.2, 0.25) is 18.1 Å². The van der Waals surface area contributed by atoms with Crippen LogP contribution in [0, 0.1) is 0 Å². The SMILES string of the molecule is C=C(C)C(=O)NCCCCC(C)(CC)[SiH](C)C. The number of rotatable bonds is 8. The molecule has 0 rings (SSSR count). The summed E-state index contributed by atoms with van der Waals surface area (Å²) in [4.78, 5) is 11.3. The number of unbranched alkanes of at least 4 members (excludes halogenated alkanes) is 1. The van der Waals surface area contributed by atoms with Crippen LogP contribution in [-0.2, 0) is 4.79 Å². The van der Waals surface area contributed by atoms with Crippen molar-refractivity contribution in [3.63, 3.8) is 0 Å². The Morgan fingerprint density at radius 1 is 1.35 bits per heavy atom. The summed E-state index contributed by atoms with van der Waals surface area (Å²) < 4.78 is 0. The first-order valence-corrected chi connectivity index (χ1v) is 9.66. The predicted molar refractivity (Wildman–Crippen MR) is 79.2 cm³/mol. The second-order valence-corrected chi connectivity index (χ2v) is 9.36. The minimum Gasteiger partial charge on any atom is -0.352 e. The topological polar surface area (TPSA) is 29.1 Å². The molecule has 0 heterocycles. The highest BCUT2D eigenvalue weighted by Crippen LogP contribution is 2.38. The van der Waals surface area contributed by atoms with E-state index in [4.69, 9.17) is 0 Å². The molecule has 1 amide bonds. The zero-order valence-electron chi connectivity index (χ0n) is 12.2. The van der Waals surface area contributed by atoms with E-state index in [9.17, 15) is 4.79 Å². The molecule has 100 valence electrons. The molecule has 1 atom stereocenters. The number of amides is 1. The molecule has 0 aliphatic rings. The van der Waals surface area contributed by atoms with Gasteiger partial charge < -0.3 is 5.32 Å². The lowest BCUT2D eigenvalue weighted by Crippen LogP contribution is -2.26. The van der Waals surface area contributed by atoms with E-state index in [-0.39, 0.29) is 5.91 Å². The van der Waals surface area contributed by atoms with Crippen LogP contribution >= 0.6 is 0 Å². The number of carbonyl (C=O) groups is 1. The van der Waals surface area contributed by atoms with Crippen molar-refractivity contribution in [3.05, 3.63) is 12.2 Å². The van der Waals surface area contributed by atoms with E-state index < -0.39 is 8.80 Å². The molecule has 0 fully saturated rings. The van der Waals surface area contributed by atoms with Crippen LogP contribution in [0.1, 0.15) is 46.5 Å². The fraction of sp³-hybridized carbons (Fsp3) is 0.786. The van der Waals surface area contributed by atoms with E-state index in [1.54, 1.807) is 6.92 Å². The standard InChI is InChI=1S/C14H29NOSi/c1-7-14(4,17(5)6)10-8-9-11-15-13(16)12(2)3/h17H,2,7-11H2,1,3-6H3,(H,15,16). The third-order valence-electron chi connectivity index (χ3n) is 4.05. The van der Waals surface area contributed by atoms with Gasteiger partial charge >= 0.3 is 0 Å². The summed E-state index contributed by atoms with van der Waals surface area (Å²) >= 11 is 0. The van der Waals surface area contributed by atoms with Gasteiger partial charge in [0.2, 0.25) is 5.91 Å². The molecule has 0 aromatic heterocycles. The lowest BCUT2D eigenvalue weighted by atomic mass is 10.00.